The summed E-state index contributed by atoms with van der Waals surface area (Å²) in [7, 11) is 1.59. The Morgan fingerprint density at radius 2 is 2.28 bits per heavy atom. The largest absolute Gasteiger partial charge is 0.462 e. The zero-order valence-electron chi connectivity index (χ0n) is 10.3. The quantitative estimate of drug-likeness (QED) is 0.632. The average Bonchev–Trinajstić information content (AvgIpc) is 2.69. The zero-order valence-corrected chi connectivity index (χ0v) is 10.3. The number of carbonyl (C=O) groups is 2. The van der Waals surface area contributed by atoms with Crippen molar-refractivity contribution >= 4 is 17.9 Å². The number of nitrogens with one attached hydrogen (secondary N) is 1. The van der Waals surface area contributed by atoms with Gasteiger partial charge in [0.2, 0.25) is 0 Å². The fourth-order valence-corrected chi connectivity index (χ4v) is 1.21. The first-order valence-electron chi connectivity index (χ1n) is 5.34. The first-order chi connectivity index (χ1) is 8.60. The molecular formula is C11H15N3O4. The van der Waals surface area contributed by atoms with Gasteiger partial charge in [-0.3, -0.25) is 10.00 Å². The topological polar surface area (TPSA) is 82.4 Å². The van der Waals surface area contributed by atoms with Crippen LogP contribution in [-0.4, -0.2) is 35.1 Å². The van der Waals surface area contributed by atoms with Gasteiger partial charge in [0.25, 0.3) is 0 Å². The van der Waals surface area contributed by atoms with Gasteiger partial charge in [-0.15, -0.1) is 0 Å². The van der Waals surface area contributed by atoms with Gasteiger partial charge in [0.1, 0.15) is 18.0 Å². The van der Waals surface area contributed by atoms with Crippen molar-refractivity contribution in [2.75, 3.05) is 18.5 Å². The molecule has 0 atom stereocenters. The fourth-order valence-electron chi connectivity index (χ4n) is 1.21. The summed E-state index contributed by atoms with van der Waals surface area (Å²) in [6.07, 6.45) is 2.07. The van der Waals surface area contributed by atoms with Crippen molar-refractivity contribution in [3.8, 4) is 0 Å². The predicted octanol–water partition coefficient (Wildman–Crippen LogP) is 1.33. The molecule has 0 radical (unpaired) electrons. The average molecular weight is 253 g/mol. The maximum absolute atomic E-state index is 11.6. The van der Waals surface area contributed by atoms with Gasteiger partial charge >= 0.3 is 12.1 Å². The van der Waals surface area contributed by atoms with E-state index in [-0.39, 0.29) is 24.6 Å². The lowest BCUT2D eigenvalue weighted by molar-refractivity contribution is 0.0527. The number of esters is 1. The molecule has 0 bridgehead atoms. The van der Waals surface area contributed by atoms with Crippen LogP contribution in [0.15, 0.2) is 18.9 Å². The van der Waals surface area contributed by atoms with Gasteiger partial charge in [-0.2, -0.15) is 5.10 Å². The number of ether oxygens (including phenoxy) is 2. The van der Waals surface area contributed by atoms with Crippen molar-refractivity contribution in [2.45, 2.75) is 6.92 Å². The van der Waals surface area contributed by atoms with Gasteiger partial charge in [-0.25, -0.2) is 9.59 Å². The Morgan fingerprint density at radius 1 is 1.56 bits per heavy atom. The van der Waals surface area contributed by atoms with E-state index in [9.17, 15) is 9.59 Å². The molecule has 0 aliphatic rings. The standard InChI is InChI=1S/C11H15N3O4/c1-4-6-18-11(16)13-9-8(7-12-14(9)3)10(15)17-5-2/h4,7H,1,5-6H2,2-3H3,(H,13,16). The van der Waals surface area contributed by atoms with E-state index in [4.69, 9.17) is 9.47 Å². The van der Waals surface area contributed by atoms with Crippen molar-refractivity contribution < 1.29 is 19.1 Å². The van der Waals surface area contributed by atoms with Gasteiger partial charge < -0.3 is 9.47 Å². The summed E-state index contributed by atoms with van der Waals surface area (Å²) in [5.74, 6) is -0.327. The summed E-state index contributed by atoms with van der Waals surface area (Å²) in [6.45, 7) is 5.44. The number of amides is 1. The number of carbonyl (C=O) groups excluding carboxylic acids is 2. The highest BCUT2D eigenvalue weighted by atomic mass is 16.5. The summed E-state index contributed by atoms with van der Waals surface area (Å²) in [5.41, 5.74) is 0.176. The maximum atomic E-state index is 11.6. The number of hydrogen-bond donors (Lipinski definition) is 1. The van der Waals surface area contributed by atoms with Gasteiger partial charge in [0.15, 0.2) is 0 Å². The van der Waals surface area contributed by atoms with Gasteiger partial charge in [-0.1, -0.05) is 12.7 Å². The predicted molar refractivity (Wildman–Crippen MR) is 64.3 cm³/mol. The molecule has 18 heavy (non-hydrogen) atoms. The Labute approximate surface area is 104 Å². The van der Waals surface area contributed by atoms with Crippen LogP contribution in [0.4, 0.5) is 10.6 Å². The van der Waals surface area contributed by atoms with Crippen LogP contribution in [0.1, 0.15) is 17.3 Å². The normalized spacial score (nSPS) is 9.67. The van der Waals surface area contributed by atoms with E-state index < -0.39 is 12.1 Å². The lowest BCUT2D eigenvalue weighted by Crippen LogP contribution is -2.18. The van der Waals surface area contributed by atoms with Crippen LogP contribution < -0.4 is 5.32 Å². The zero-order chi connectivity index (χ0) is 13.5. The first-order valence-corrected chi connectivity index (χ1v) is 5.34. The molecule has 0 spiro atoms. The smallest absolute Gasteiger partial charge is 0.413 e. The molecule has 7 nitrogen and oxygen atoms in total. The maximum Gasteiger partial charge on any atom is 0.413 e. The van der Waals surface area contributed by atoms with Crippen LogP contribution in [0.25, 0.3) is 0 Å². The number of hydrogen-bond acceptors (Lipinski definition) is 5. The molecule has 1 amide bonds. The molecule has 0 aliphatic heterocycles. The minimum atomic E-state index is -0.691. The van der Waals surface area contributed by atoms with Crippen LogP contribution >= 0.6 is 0 Å². The van der Waals surface area contributed by atoms with Gasteiger partial charge in [0, 0.05) is 7.05 Å². The van der Waals surface area contributed by atoms with Crippen LogP contribution in [0.5, 0.6) is 0 Å². The summed E-state index contributed by atoms with van der Waals surface area (Å²) < 4.78 is 10.9. The minimum absolute atomic E-state index is 0.0818. The van der Waals surface area contributed by atoms with E-state index in [0.717, 1.165) is 0 Å². The van der Waals surface area contributed by atoms with Gasteiger partial charge in [0.05, 0.1) is 12.8 Å². The minimum Gasteiger partial charge on any atom is -0.462 e. The third-order valence-electron chi connectivity index (χ3n) is 1.99. The van der Waals surface area contributed by atoms with E-state index in [1.54, 1.807) is 14.0 Å². The Kier molecular flexibility index (Phi) is 4.91. The van der Waals surface area contributed by atoms with E-state index in [0.29, 0.717) is 0 Å². The summed E-state index contributed by atoms with van der Waals surface area (Å²) in [6, 6.07) is 0. The van der Waals surface area contributed by atoms with Crippen LogP contribution in [0.3, 0.4) is 0 Å². The van der Waals surface area contributed by atoms with E-state index in [1.165, 1.54) is 17.0 Å². The molecule has 0 aliphatic carbocycles. The molecule has 98 valence electrons. The monoisotopic (exact) mass is 253 g/mol. The number of rotatable bonds is 5. The molecular weight excluding hydrogens is 238 g/mol. The number of aromatic nitrogens is 2. The fraction of sp³-hybridized carbons (Fsp3) is 0.364. The molecule has 1 aromatic rings. The molecule has 0 saturated carbocycles. The highest BCUT2D eigenvalue weighted by Crippen LogP contribution is 2.15. The Bertz CT molecular complexity index is 453. The van der Waals surface area contributed by atoms with Crippen LogP contribution in [-0.2, 0) is 16.5 Å². The van der Waals surface area contributed by atoms with Crippen molar-refractivity contribution in [3.63, 3.8) is 0 Å². The highest BCUT2D eigenvalue weighted by molar-refractivity contribution is 5.98. The molecule has 1 N–H and O–H groups in total. The van der Waals surface area contributed by atoms with Gasteiger partial charge in [-0.05, 0) is 6.92 Å². The summed E-state index contributed by atoms with van der Waals surface area (Å²) >= 11 is 0. The molecule has 0 unspecified atom stereocenters. The van der Waals surface area contributed by atoms with Crippen molar-refractivity contribution in [1.82, 2.24) is 9.78 Å². The van der Waals surface area contributed by atoms with E-state index >= 15 is 0 Å². The van der Waals surface area contributed by atoms with E-state index in [2.05, 4.69) is 17.0 Å². The molecule has 1 rings (SSSR count). The molecule has 1 heterocycles. The number of aryl methyl sites for hydroxylation is 1. The van der Waals surface area contributed by atoms with Crippen LogP contribution in [0.2, 0.25) is 0 Å². The number of nitrogens with zero attached hydrogens (tertiary/aromatic N) is 2. The second-order valence-corrected chi connectivity index (χ2v) is 3.26. The molecule has 0 fully saturated rings. The summed E-state index contributed by atoms with van der Waals surface area (Å²) in [4.78, 5) is 23.0. The number of anilines is 1. The third kappa shape index (κ3) is 3.34. The molecule has 1 aromatic heterocycles. The molecule has 7 heteroatoms. The van der Waals surface area contributed by atoms with E-state index in [1.807, 2.05) is 0 Å². The first kappa shape index (κ1) is 13.8. The lowest BCUT2D eigenvalue weighted by Gasteiger charge is -2.07. The highest BCUT2D eigenvalue weighted by Gasteiger charge is 2.19. The SMILES string of the molecule is C=CCOC(=O)Nc1c(C(=O)OCC)cnn1C. The van der Waals surface area contributed by atoms with Crippen LogP contribution in [0, 0.1) is 0 Å². The third-order valence-corrected chi connectivity index (χ3v) is 1.99. The van der Waals surface area contributed by atoms with Crippen molar-refractivity contribution in [1.29, 1.82) is 0 Å². The lowest BCUT2D eigenvalue weighted by atomic mass is 10.3. The second-order valence-electron chi connectivity index (χ2n) is 3.26. The Hall–Kier alpha value is -2.31. The Balaban J connectivity index is 2.81. The Morgan fingerprint density at radius 3 is 2.89 bits per heavy atom. The summed E-state index contributed by atoms with van der Waals surface area (Å²) in [5, 5.41) is 6.30. The molecule has 0 saturated heterocycles. The van der Waals surface area contributed by atoms with Crippen molar-refractivity contribution in [2.24, 2.45) is 7.05 Å². The second kappa shape index (κ2) is 6.43. The molecule has 0 aromatic carbocycles. The van der Waals surface area contributed by atoms with Crippen molar-refractivity contribution in [3.05, 3.63) is 24.4 Å².